The molecule has 4 rings (SSSR count). The summed E-state index contributed by atoms with van der Waals surface area (Å²) in [5.74, 6) is 1.51. The van der Waals surface area contributed by atoms with Crippen LogP contribution in [0, 0.1) is 6.92 Å². The van der Waals surface area contributed by atoms with E-state index in [9.17, 15) is 4.79 Å². The van der Waals surface area contributed by atoms with Crippen LogP contribution in [0.3, 0.4) is 0 Å². The van der Waals surface area contributed by atoms with Gasteiger partial charge in [-0.1, -0.05) is 42.0 Å². The summed E-state index contributed by atoms with van der Waals surface area (Å²) in [6, 6.07) is 5.48. The minimum absolute atomic E-state index is 0.270. The van der Waals surface area contributed by atoms with Gasteiger partial charge in [0.1, 0.15) is 10.7 Å². The summed E-state index contributed by atoms with van der Waals surface area (Å²) in [6.07, 6.45) is 2.21. The van der Waals surface area contributed by atoms with Crippen molar-refractivity contribution in [3.63, 3.8) is 0 Å². The maximum absolute atomic E-state index is 12.7. The Morgan fingerprint density at radius 1 is 1.26 bits per heavy atom. The number of nitrogens with one attached hydrogen (secondary N) is 3. The van der Waals surface area contributed by atoms with Gasteiger partial charge in [0.25, 0.3) is 5.91 Å². The Balaban J connectivity index is 1.50. The summed E-state index contributed by atoms with van der Waals surface area (Å²) in [7, 11) is 0. The van der Waals surface area contributed by atoms with Gasteiger partial charge < -0.3 is 15.5 Å². The molecule has 0 saturated carbocycles. The number of aromatic nitrogens is 4. The largest absolute Gasteiger partial charge is 0.338 e. The average molecular weight is 459 g/mol. The molecule has 1 fully saturated rings. The molecule has 3 heterocycles. The van der Waals surface area contributed by atoms with E-state index in [0.29, 0.717) is 44.9 Å². The predicted octanol–water partition coefficient (Wildman–Crippen LogP) is 3.26. The second-order valence-corrected chi connectivity index (χ2v) is 8.44. The van der Waals surface area contributed by atoms with Crippen molar-refractivity contribution in [2.45, 2.75) is 20.3 Å². The number of rotatable bonds is 6. The fourth-order valence-electron chi connectivity index (χ4n) is 3.13. The first kappa shape index (κ1) is 21.4. The number of amides is 1. The number of hydrogen-bond donors (Lipinski definition) is 3. The van der Waals surface area contributed by atoms with Crippen LogP contribution in [0.15, 0.2) is 24.4 Å². The topological polar surface area (TPSA) is 108 Å². The number of carbonyl (C=O) groups is 1. The van der Waals surface area contributed by atoms with Crippen LogP contribution in [0.1, 0.15) is 28.0 Å². The number of halogens is 1. The Morgan fingerprint density at radius 3 is 2.81 bits per heavy atom. The molecule has 31 heavy (non-hydrogen) atoms. The van der Waals surface area contributed by atoms with Crippen LogP contribution in [0.5, 0.6) is 0 Å². The third kappa shape index (κ3) is 5.09. The fourth-order valence-corrected chi connectivity index (χ4v) is 4.10. The Hall–Kier alpha value is -2.82. The molecule has 1 saturated heterocycles. The van der Waals surface area contributed by atoms with Crippen LogP contribution < -0.4 is 20.9 Å². The van der Waals surface area contributed by atoms with Crippen molar-refractivity contribution in [1.82, 2.24) is 25.3 Å². The summed E-state index contributed by atoms with van der Waals surface area (Å²) in [5.41, 5.74) is 1.49. The highest BCUT2D eigenvalue weighted by Gasteiger charge is 2.17. The standard InChI is InChI=1S/C20H23ClN8OS/c1-3-15-24-18(27-19(25-15)29-9-7-22-8-10-29)28-20-23-11-14(31-20)17(30)26-16-12(2)5-4-6-13(16)21/h4-6,11,22H,3,7-10H2,1-2H3,(H,26,30)(H,23,24,25,27,28). The Morgan fingerprint density at radius 2 is 2.06 bits per heavy atom. The SMILES string of the molecule is CCc1nc(Nc2ncc(C(=O)Nc3c(C)cccc3Cl)s2)nc(N2CCNCC2)n1. The third-order valence-corrected chi connectivity index (χ3v) is 6.02. The van der Waals surface area contributed by atoms with Gasteiger partial charge in [-0.15, -0.1) is 0 Å². The van der Waals surface area contributed by atoms with Gasteiger partial charge in [0, 0.05) is 32.6 Å². The minimum Gasteiger partial charge on any atom is -0.338 e. The number of thiazole rings is 1. The molecule has 0 radical (unpaired) electrons. The van der Waals surface area contributed by atoms with Crippen LogP contribution in [0.4, 0.5) is 22.7 Å². The van der Waals surface area contributed by atoms with Gasteiger partial charge >= 0.3 is 0 Å². The molecule has 1 aliphatic heterocycles. The van der Waals surface area contributed by atoms with Crippen LogP contribution in [0.2, 0.25) is 5.02 Å². The second-order valence-electron chi connectivity index (χ2n) is 7.01. The van der Waals surface area contributed by atoms with Crippen molar-refractivity contribution in [1.29, 1.82) is 0 Å². The molecule has 0 aliphatic carbocycles. The molecule has 3 aromatic rings. The van der Waals surface area contributed by atoms with Gasteiger partial charge in [-0.05, 0) is 18.6 Å². The lowest BCUT2D eigenvalue weighted by Gasteiger charge is -2.27. The van der Waals surface area contributed by atoms with Crippen LogP contribution in [0.25, 0.3) is 0 Å². The monoisotopic (exact) mass is 458 g/mol. The third-order valence-electron chi connectivity index (χ3n) is 4.79. The van der Waals surface area contributed by atoms with Gasteiger partial charge in [-0.2, -0.15) is 15.0 Å². The van der Waals surface area contributed by atoms with Gasteiger partial charge in [-0.25, -0.2) is 4.98 Å². The number of anilines is 4. The average Bonchev–Trinajstić information content (AvgIpc) is 3.25. The minimum atomic E-state index is -0.270. The van der Waals surface area contributed by atoms with E-state index in [1.165, 1.54) is 17.5 Å². The quantitative estimate of drug-likeness (QED) is 0.516. The summed E-state index contributed by atoms with van der Waals surface area (Å²) < 4.78 is 0. The molecule has 0 atom stereocenters. The zero-order chi connectivity index (χ0) is 21.8. The zero-order valence-electron chi connectivity index (χ0n) is 17.3. The first-order valence-electron chi connectivity index (χ1n) is 10.0. The van der Waals surface area contributed by atoms with Crippen molar-refractivity contribution in [3.8, 4) is 0 Å². The van der Waals surface area contributed by atoms with Crippen LogP contribution in [-0.2, 0) is 6.42 Å². The molecule has 162 valence electrons. The molecule has 0 spiro atoms. The summed E-state index contributed by atoms with van der Waals surface area (Å²) in [4.78, 5) is 33.1. The highest BCUT2D eigenvalue weighted by atomic mass is 35.5. The molecule has 1 aliphatic rings. The van der Waals surface area contributed by atoms with Gasteiger partial charge in [0.15, 0.2) is 5.13 Å². The van der Waals surface area contributed by atoms with Gasteiger partial charge in [-0.3, -0.25) is 10.1 Å². The van der Waals surface area contributed by atoms with Gasteiger partial charge in [0.05, 0.1) is 16.9 Å². The Labute approximate surface area is 189 Å². The lowest BCUT2D eigenvalue weighted by molar-refractivity contribution is 0.103. The van der Waals surface area contributed by atoms with E-state index in [-0.39, 0.29) is 5.91 Å². The van der Waals surface area contributed by atoms with Crippen molar-refractivity contribution < 1.29 is 4.79 Å². The fraction of sp³-hybridized carbons (Fsp3) is 0.350. The molecule has 9 nitrogen and oxygen atoms in total. The zero-order valence-corrected chi connectivity index (χ0v) is 18.8. The molecule has 0 bridgehead atoms. The van der Waals surface area contributed by atoms with Crippen LogP contribution in [-0.4, -0.2) is 52.0 Å². The molecule has 3 N–H and O–H groups in total. The summed E-state index contributed by atoms with van der Waals surface area (Å²) in [5, 5.41) is 10.3. The molecule has 1 amide bonds. The van der Waals surface area contributed by atoms with Crippen molar-refractivity contribution in [2.75, 3.05) is 41.7 Å². The molecular weight excluding hydrogens is 436 g/mol. The molecule has 0 unspecified atom stereocenters. The highest BCUT2D eigenvalue weighted by molar-refractivity contribution is 7.17. The summed E-state index contributed by atoms with van der Waals surface area (Å²) >= 11 is 7.43. The summed E-state index contributed by atoms with van der Waals surface area (Å²) in [6.45, 7) is 7.37. The highest BCUT2D eigenvalue weighted by Crippen LogP contribution is 2.28. The lowest BCUT2D eigenvalue weighted by Crippen LogP contribution is -2.44. The molecule has 11 heteroatoms. The van der Waals surface area contributed by atoms with E-state index in [1.54, 1.807) is 6.07 Å². The van der Waals surface area contributed by atoms with E-state index in [2.05, 4.69) is 40.8 Å². The number of aryl methyl sites for hydroxylation is 2. The Kier molecular flexibility index (Phi) is 6.59. The number of benzene rings is 1. The van der Waals surface area contributed by atoms with Crippen LogP contribution >= 0.6 is 22.9 Å². The van der Waals surface area contributed by atoms with E-state index in [0.717, 1.165) is 31.7 Å². The first-order valence-corrected chi connectivity index (χ1v) is 11.2. The lowest BCUT2D eigenvalue weighted by atomic mass is 10.2. The maximum Gasteiger partial charge on any atom is 0.267 e. The number of piperazine rings is 1. The number of hydrogen-bond acceptors (Lipinski definition) is 9. The molecule has 1 aromatic carbocycles. The van der Waals surface area contributed by atoms with Crippen molar-refractivity contribution >= 4 is 51.6 Å². The number of para-hydroxylation sites is 1. The normalized spacial score (nSPS) is 13.8. The first-order chi connectivity index (χ1) is 15.0. The van der Waals surface area contributed by atoms with E-state index < -0.39 is 0 Å². The van der Waals surface area contributed by atoms with Crippen molar-refractivity contribution in [3.05, 3.63) is 45.7 Å². The van der Waals surface area contributed by atoms with Crippen molar-refractivity contribution in [2.24, 2.45) is 0 Å². The molecule has 2 aromatic heterocycles. The number of nitrogens with zero attached hydrogens (tertiary/aromatic N) is 5. The maximum atomic E-state index is 12.7. The number of carbonyl (C=O) groups excluding carboxylic acids is 1. The second kappa shape index (κ2) is 9.54. The van der Waals surface area contributed by atoms with E-state index in [4.69, 9.17) is 11.6 Å². The smallest absolute Gasteiger partial charge is 0.267 e. The van der Waals surface area contributed by atoms with E-state index >= 15 is 0 Å². The molecular formula is C20H23ClN8OS. The Bertz CT molecular complexity index is 1060. The predicted molar refractivity (Wildman–Crippen MR) is 124 cm³/mol. The van der Waals surface area contributed by atoms with E-state index in [1.807, 2.05) is 26.0 Å². The van der Waals surface area contributed by atoms with Gasteiger partial charge in [0.2, 0.25) is 11.9 Å².